The van der Waals surface area contributed by atoms with Crippen molar-refractivity contribution >= 4 is 11.6 Å². The lowest BCUT2D eigenvalue weighted by Gasteiger charge is -2.45. The van der Waals surface area contributed by atoms with Crippen LogP contribution in [0.25, 0.3) is 0 Å². The zero-order chi connectivity index (χ0) is 20.0. The average Bonchev–Trinajstić information content (AvgIpc) is 3.31. The van der Waals surface area contributed by atoms with Gasteiger partial charge in [-0.1, -0.05) is 5.16 Å². The first-order valence-electron chi connectivity index (χ1n) is 11.9. The molecule has 0 radical (unpaired) electrons. The minimum atomic E-state index is 0.380. The molecule has 0 spiro atoms. The zero-order valence-corrected chi connectivity index (χ0v) is 18.7. The average molecular weight is 422 g/mol. The predicted octanol–water partition coefficient (Wildman–Crippen LogP) is 5.11. The monoisotopic (exact) mass is 421 g/mol. The van der Waals surface area contributed by atoms with E-state index in [1.165, 1.54) is 44.9 Å². The molecule has 2 unspecified atom stereocenters. The topological polar surface area (TPSA) is 51.4 Å². The van der Waals surface area contributed by atoms with Crippen LogP contribution in [-0.4, -0.2) is 52.8 Å². The number of piperidine rings is 1. The van der Waals surface area contributed by atoms with E-state index in [0.717, 1.165) is 49.4 Å². The highest BCUT2D eigenvalue weighted by Crippen LogP contribution is 2.52. The van der Waals surface area contributed by atoms with Crippen LogP contribution in [0.4, 0.5) is 0 Å². The summed E-state index contributed by atoms with van der Waals surface area (Å²) in [5, 5.41) is 4.88. The molecule has 5 rings (SSSR count). The second-order valence-corrected chi connectivity index (χ2v) is 10.7. The normalized spacial score (nSPS) is 43.6. The summed E-state index contributed by atoms with van der Waals surface area (Å²) in [5.41, 5.74) is 0. The van der Waals surface area contributed by atoms with Crippen molar-refractivity contribution in [2.24, 2.45) is 11.8 Å². The van der Waals surface area contributed by atoms with E-state index in [1.54, 1.807) is 0 Å². The van der Waals surface area contributed by atoms with E-state index in [4.69, 9.17) is 25.8 Å². The van der Waals surface area contributed by atoms with Crippen molar-refractivity contribution in [2.75, 3.05) is 14.2 Å². The van der Waals surface area contributed by atoms with Gasteiger partial charge in [0.1, 0.15) is 0 Å². The van der Waals surface area contributed by atoms with Crippen molar-refractivity contribution in [1.29, 1.82) is 0 Å². The van der Waals surface area contributed by atoms with Gasteiger partial charge < -0.3 is 9.26 Å². The van der Waals surface area contributed by atoms with Gasteiger partial charge in [-0.2, -0.15) is 4.98 Å². The van der Waals surface area contributed by atoms with E-state index in [9.17, 15) is 0 Å². The molecule has 2 saturated carbocycles. The summed E-state index contributed by atoms with van der Waals surface area (Å²) in [4.78, 5) is 7.66. The maximum absolute atomic E-state index is 6.42. The molecule has 5 nitrogen and oxygen atoms in total. The number of hydrogen-bond donors (Lipinski definition) is 0. The van der Waals surface area contributed by atoms with Gasteiger partial charge in [-0.25, -0.2) is 0 Å². The van der Waals surface area contributed by atoms with Crippen molar-refractivity contribution in [1.82, 2.24) is 15.0 Å². The number of hydrogen-bond acceptors (Lipinski definition) is 5. The molecule has 6 heteroatoms. The molecule has 0 N–H and O–H groups in total. The molecule has 4 aliphatic rings. The van der Waals surface area contributed by atoms with Gasteiger partial charge in [0.2, 0.25) is 5.89 Å². The van der Waals surface area contributed by atoms with Crippen LogP contribution in [0.5, 0.6) is 0 Å². The molecule has 2 aliphatic heterocycles. The van der Waals surface area contributed by atoms with Crippen molar-refractivity contribution in [3.63, 3.8) is 0 Å². The summed E-state index contributed by atoms with van der Waals surface area (Å²) < 4.78 is 11.5. The summed E-state index contributed by atoms with van der Waals surface area (Å²) in [6.45, 7) is 0. The Morgan fingerprint density at radius 3 is 2.48 bits per heavy atom. The van der Waals surface area contributed by atoms with E-state index in [1.807, 2.05) is 7.11 Å². The highest BCUT2D eigenvalue weighted by Gasteiger charge is 2.50. The largest absolute Gasteiger partial charge is 0.381 e. The van der Waals surface area contributed by atoms with Gasteiger partial charge >= 0.3 is 0 Å². The summed E-state index contributed by atoms with van der Waals surface area (Å²) >= 11 is 6.42. The predicted molar refractivity (Wildman–Crippen MR) is 113 cm³/mol. The Morgan fingerprint density at radius 1 is 1.00 bits per heavy atom. The summed E-state index contributed by atoms with van der Waals surface area (Å²) in [5.74, 6) is 4.13. The molecule has 1 aromatic rings. The SMILES string of the molecule is COC1CCC(c2noc(C3C4CC[C@H](C[C@@H]3C3CCC(Cl)CC3)N4C)n2)CC1. The number of rotatable bonds is 4. The van der Waals surface area contributed by atoms with E-state index >= 15 is 0 Å². The lowest BCUT2D eigenvalue weighted by molar-refractivity contribution is 0.0497. The Labute approximate surface area is 179 Å². The van der Waals surface area contributed by atoms with E-state index in [0.29, 0.717) is 35.3 Å². The van der Waals surface area contributed by atoms with Crippen LogP contribution in [0, 0.1) is 11.8 Å². The minimum Gasteiger partial charge on any atom is -0.381 e. The van der Waals surface area contributed by atoms with Crippen LogP contribution >= 0.6 is 11.6 Å². The van der Waals surface area contributed by atoms with Crippen LogP contribution in [0.1, 0.15) is 94.2 Å². The summed E-state index contributed by atoms with van der Waals surface area (Å²) in [7, 11) is 4.13. The first-order chi connectivity index (χ1) is 14.1. The first kappa shape index (κ1) is 20.3. The van der Waals surface area contributed by atoms with E-state index in [2.05, 4.69) is 17.1 Å². The second-order valence-electron chi connectivity index (χ2n) is 10.1. The number of ether oxygens (including phenoxy) is 1. The molecule has 0 aromatic carbocycles. The number of likely N-dealkylation sites (N-methyl/N-ethyl adjacent to an activating group) is 1. The minimum absolute atomic E-state index is 0.380. The number of alkyl halides is 1. The Morgan fingerprint density at radius 2 is 1.76 bits per heavy atom. The molecule has 1 aromatic heterocycles. The van der Waals surface area contributed by atoms with Crippen LogP contribution in [0.2, 0.25) is 0 Å². The molecule has 2 saturated heterocycles. The van der Waals surface area contributed by atoms with Crippen LogP contribution in [-0.2, 0) is 4.74 Å². The maximum atomic E-state index is 6.42. The zero-order valence-electron chi connectivity index (χ0n) is 17.9. The third-order valence-corrected chi connectivity index (χ3v) is 9.17. The molecular formula is C23H36ClN3O2. The van der Waals surface area contributed by atoms with Gasteiger partial charge in [0, 0.05) is 30.5 Å². The highest BCUT2D eigenvalue weighted by molar-refractivity contribution is 6.20. The van der Waals surface area contributed by atoms with Gasteiger partial charge in [0.25, 0.3) is 0 Å². The highest BCUT2D eigenvalue weighted by atomic mass is 35.5. The second kappa shape index (κ2) is 8.47. The number of aromatic nitrogens is 2. The Hall–Kier alpha value is -0.650. The van der Waals surface area contributed by atoms with Crippen molar-refractivity contribution in [3.8, 4) is 0 Å². The molecular weight excluding hydrogens is 386 g/mol. The fourth-order valence-electron chi connectivity index (χ4n) is 6.95. The van der Waals surface area contributed by atoms with E-state index < -0.39 is 0 Å². The standard InChI is InChI=1S/C23H36ClN3O2/c1-27-17-9-12-20(27)21(19(13-17)14-3-7-16(24)8-4-14)23-25-22(26-29-23)15-5-10-18(28-2)11-6-15/h14-21H,3-13H2,1-2H3/t14?,15?,16?,17-,18?,19-,20?,21?/m1/s1. The molecule has 2 aliphatic carbocycles. The molecule has 3 heterocycles. The molecule has 4 fully saturated rings. The fourth-order valence-corrected chi connectivity index (χ4v) is 7.20. The Kier molecular flexibility index (Phi) is 5.92. The van der Waals surface area contributed by atoms with Crippen LogP contribution < -0.4 is 0 Å². The third kappa shape index (κ3) is 3.87. The van der Waals surface area contributed by atoms with Crippen molar-refractivity contribution < 1.29 is 9.26 Å². The molecule has 4 atom stereocenters. The van der Waals surface area contributed by atoms with Gasteiger partial charge in [0.05, 0.1) is 12.0 Å². The number of methoxy groups -OCH3 is 1. The van der Waals surface area contributed by atoms with Gasteiger partial charge in [-0.15, -0.1) is 11.6 Å². The molecule has 162 valence electrons. The molecule has 2 bridgehead atoms. The Bertz CT molecular complexity index is 681. The lowest BCUT2D eigenvalue weighted by Crippen LogP contribution is -2.47. The number of nitrogens with zero attached hydrogens (tertiary/aromatic N) is 3. The fraction of sp³-hybridized carbons (Fsp3) is 0.913. The lowest BCUT2D eigenvalue weighted by atomic mass is 9.68. The van der Waals surface area contributed by atoms with Gasteiger partial charge in [0.15, 0.2) is 5.82 Å². The third-order valence-electron chi connectivity index (χ3n) is 8.74. The maximum Gasteiger partial charge on any atom is 0.231 e. The summed E-state index contributed by atoms with van der Waals surface area (Å²) in [6, 6.07) is 1.30. The molecule has 29 heavy (non-hydrogen) atoms. The number of halogens is 1. The smallest absolute Gasteiger partial charge is 0.231 e. The molecule has 0 amide bonds. The quantitative estimate of drug-likeness (QED) is 0.632. The van der Waals surface area contributed by atoms with Gasteiger partial charge in [-0.05, 0) is 89.5 Å². The van der Waals surface area contributed by atoms with Crippen LogP contribution in [0.15, 0.2) is 4.52 Å². The van der Waals surface area contributed by atoms with Crippen molar-refractivity contribution in [2.45, 2.75) is 106 Å². The summed E-state index contributed by atoms with van der Waals surface area (Å²) in [6.07, 6.45) is 13.6. The Balaban J connectivity index is 1.36. The van der Waals surface area contributed by atoms with E-state index in [-0.39, 0.29) is 0 Å². The first-order valence-corrected chi connectivity index (χ1v) is 12.3. The van der Waals surface area contributed by atoms with Crippen LogP contribution in [0.3, 0.4) is 0 Å². The van der Waals surface area contributed by atoms with Gasteiger partial charge in [-0.3, -0.25) is 4.90 Å². The van der Waals surface area contributed by atoms with Crippen molar-refractivity contribution in [3.05, 3.63) is 11.7 Å². The number of fused-ring (bicyclic) bond motifs is 2.